The zero-order chi connectivity index (χ0) is 14.0. The molecule has 0 aliphatic heterocycles. The minimum atomic E-state index is -1.38. The lowest BCUT2D eigenvalue weighted by atomic mass is 10.1. The van der Waals surface area contributed by atoms with Gasteiger partial charge in [0.25, 0.3) is 0 Å². The molecule has 2 unspecified atom stereocenters. The van der Waals surface area contributed by atoms with Crippen LogP contribution >= 0.6 is 0 Å². The van der Waals surface area contributed by atoms with Crippen molar-refractivity contribution in [1.29, 1.82) is 0 Å². The summed E-state index contributed by atoms with van der Waals surface area (Å²) in [6.07, 6.45) is -1.30. The molecule has 0 radical (unpaired) electrons. The molecule has 0 fully saturated rings. The Morgan fingerprint density at radius 3 is 2.58 bits per heavy atom. The Hall–Kier alpha value is -2.18. The van der Waals surface area contributed by atoms with Crippen molar-refractivity contribution < 1.29 is 15.0 Å². The maximum Gasteiger partial charge on any atom is 0.323 e. The van der Waals surface area contributed by atoms with Crippen LogP contribution in [0.3, 0.4) is 0 Å². The van der Waals surface area contributed by atoms with E-state index in [9.17, 15) is 9.90 Å². The standard InChI is InChI=1S/C13H15N3O3/c1-16-10(12(17)11(14)13(18)19)7-9(15-16)8-5-3-2-4-6-8/h2-7,11-12,17H,14H2,1H3,(H,18,19). The molecule has 0 saturated carbocycles. The number of hydrogen-bond acceptors (Lipinski definition) is 4. The van der Waals surface area contributed by atoms with Crippen molar-refractivity contribution >= 4 is 5.97 Å². The van der Waals surface area contributed by atoms with Crippen LogP contribution in [0.15, 0.2) is 36.4 Å². The first-order chi connectivity index (χ1) is 9.00. The summed E-state index contributed by atoms with van der Waals surface area (Å²) in [5, 5.41) is 23.0. The number of carboxylic acids is 1. The Labute approximate surface area is 110 Å². The summed E-state index contributed by atoms with van der Waals surface area (Å²) < 4.78 is 1.44. The van der Waals surface area contributed by atoms with Crippen molar-refractivity contribution in [2.45, 2.75) is 12.1 Å². The third kappa shape index (κ3) is 2.64. The Kier molecular flexibility index (Phi) is 3.64. The van der Waals surface area contributed by atoms with Crippen LogP contribution in [-0.2, 0) is 11.8 Å². The molecule has 1 aromatic heterocycles. The van der Waals surface area contributed by atoms with Crippen LogP contribution in [0.1, 0.15) is 11.8 Å². The summed E-state index contributed by atoms with van der Waals surface area (Å²) in [5.41, 5.74) is 7.34. The van der Waals surface area contributed by atoms with Gasteiger partial charge in [0.15, 0.2) is 0 Å². The molecule has 0 amide bonds. The Bertz CT molecular complexity index is 580. The highest BCUT2D eigenvalue weighted by molar-refractivity contribution is 5.74. The minimum absolute atomic E-state index is 0.369. The van der Waals surface area contributed by atoms with E-state index in [0.29, 0.717) is 11.4 Å². The molecule has 4 N–H and O–H groups in total. The van der Waals surface area contributed by atoms with E-state index in [0.717, 1.165) is 5.56 Å². The lowest BCUT2D eigenvalue weighted by Crippen LogP contribution is -2.37. The van der Waals surface area contributed by atoms with E-state index >= 15 is 0 Å². The highest BCUT2D eigenvalue weighted by Crippen LogP contribution is 2.23. The van der Waals surface area contributed by atoms with Gasteiger partial charge in [-0.25, -0.2) is 0 Å². The van der Waals surface area contributed by atoms with Crippen LogP contribution in [0.2, 0.25) is 0 Å². The third-order valence-electron chi connectivity index (χ3n) is 2.91. The molecule has 0 aliphatic rings. The van der Waals surface area contributed by atoms with Crippen molar-refractivity contribution in [2.24, 2.45) is 12.8 Å². The molecule has 0 bridgehead atoms. The molecule has 6 nitrogen and oxygen atoms in total. The fraction of sp³-hybridized carbons (Fsp3) is 0.231. The molecule has 100 valence electrons. The molecular weight excluding hydrogens is 246 g/mol. The van der Waals surface area contributed by atoms with E-state index in [1.807, 2.05) is 30.3 Å². The van der Waals surface area contributed by atoms with Crippen molar-refractivity contribution in [1.82, 2.24) is 9.78 Å². The highest BCUT2D eigenvalue weighted by atomic mass is 16.4. The number of carbonyl (C=O) groups is 1. The number of benzene rings is 1. The summed E-state index contributed by atoms with van der Waals surface area (Å²) in [6.45, 7) is 0. The van der Waals surface area contributed by atoms with E-state index in [1.165, 1.54) is 4.68 Å². The number of aromatic nitrogens is 2. The molecule has 1 aromatic carbocycles. The first kappa shape index (κ1) is 13.3. The lowest BCUT2D eigenvalue weighted by Gasteiger charge is -2.14. The van der Waals surface area contributed by atoms with Crippen molar-refractivity contribution in [3.8, 4) is 11.3 Å². The maximum absolute atomic E-state index is 10.8. The average Bonchev–Trinajstić information content (AvgIpc) is 2.80. The second-order valence-electron chi connectivity index (χ2n) is 4.25. The largest absolute Gasteiger partial charge is 0.480 e. The zero-order valence-electron chi connectivity index (χ0n) is 10.4. The van der Waals surface area contributed by atoms with Crippen LogP contribution < -0.4 is 5.73 Å². The topological polar surface area (TPSA) is 101 Å². The summed E-state index contributed by atoms with van der Waals surface area (Å²) in [4.78, 5) is 10.8. The van der Waals surface area contributed by atoms with E-state index in [-0.39, 0.29) is 0 Å². The maximum atomic E-state index is 10.8. The van der Waals surface area contributed by atoms with Crippen molar-refractivity contribution in [2.75, 3.05) is 0 Å². The van der Waals surface area contributed by atoms with Gasteiger partial charge in [-0.05, 0) is 6.07 Å². The summed E-state index contributed by atoms with van der Waals surface area (Å²) in [5.74, 6) is -1.25. The van der Waals surface area contributed by atoms with Crippen molar-refractivity contribution in [3.63, 3.8) is 0 Å². The predicted molar refractivity (Wildman–Crippen MR) is 69.2 cm³/mol. The monoisotopic (exact) mass is 261 g/mol. The molecule has 2 rings (SSSR count). The third-order valence-corrected chi connectivity index (χ3v) is 2.91. The number of aliphatic hydroxyl groups excluding tert-OH is 1. The number of hydrogen-bond donors (Lipinski definition) is 3. The quantitative estimate of drug-likeness (QED) is 0.745. The molecule has 0 aliphatic carbocycles. The van der Waals surface area contributed by atoms with Gasteiger partial charge in [-0.15, -0.1) is 0 Å². The number of aliphatic hydroxyl groups is 1. The molecule has 1 heterocycles. The van der Waals surface area contributed by atoms with Gasteiger partial charge in [-0.1, -0.05) is 30.3 Å². The van der Waals surface area contributed by atoms with E-state index in [4.69, 9.17) is 10.8 Å². The number of carboxylic acid groups (broad SMARTS) is 1. The second-order valence-corrected chi connectivity index (χ2v) is 4.25. The number of nitrogens with two attached hydrogens (primary N) is 1. The molecule has 2 aromatic rings. The van der Waals surface area contributed by atoms with E-state index in [1.54, 1.807) is 13.1 Å². The minimum Gasteiger partial charge on any atom is -0.480 e. The van der Waals surface area contributed by atoms with Gasteiger partial charge in [0.2, 0.25) is 0 Å². The molecule has 0 spiro atoms. The average molecular weight is 261 g/mol. The van der Waals surface area contributed by atoms with Gasteiger partial charge in [0.1, 0.15) is 12.1 Å². The van der Waals surface area contributed by atoms with Crippen molar-refractivity contribution in [3.05, 3.63) is 42.1 Å². The van der Waals surface area contributed by atoms with E-state index in [2.05, 4.69) is 5.10 Å². The fourth-order valence-electron chi connectivity index (χ4n) is 1.83. The molecular formula is C13H15N3O3. The second kappa shape index (κ2) is 5.21. The molecule has 6 heteroatoms. The number of aryl methyl sites for hydroxylation is 1. The van der Waals surface area contributed by atoms with Crippen LogP contribution in [0.4, 0.5) is 0 Å². The summed E-state index contributed by atoms with van der Waals surface area (Å²) in [6, 6.07) is 9.68. The van der Waals surface area contributed by atoms with Gasteiger partial charge in [-0.2, -0.15) is 5.10 Å². The number of aliphatic carboxylic acids is 1. The molecule has 0 saturated heterocycles. The van der Waals surface area contributed by atoms with Gasteiger partial charge in [0, 0.05) is 12.6 Å². The first-order valence-electron chi connectivity index (χ1n) is 5.76. The Morgan fingerprint density at radius 1 is 1.37 bits per heavy atom. The smallest absolute Gasteiger partial charge is 0.323 e. The van der Waals surface area contributed by atoms with Gasteiger partial charge < -0.3 is 15.9 Å². The summed E-state index contributed by atoms with van der Waals surface area (Å²) >= 11 is 0. The van der Waals surface area contributed by atoms with Crippen LogP contribution in [0.5, 0.6) is 0 Å². The Morgan fingerprint density at radius 2 is 2.00 bits per heavy atom. The summed E-state index contributed by atoms with van der Waals surface area (Å²) in [7, 11) is 1.64. The van der Waals surface area contributed by atoms with Crippen LogP contribution in [-0.4, -0.2) is 32.0 Å². The Balaban J connectivity index is 2.34. The number of rotatable bonds is 4. The number of nitrogens with zero attached hydrogens (tertiary/aromatic N) is 2. The predicted octanol–water partition coefficient (Wildman–Crippen LogP) is 0.532. The zero-order valence-corrected chi connectivity index (χ0v) is 10.4. The SMILES string of the molecule is Cn1nc(-c2ccccc2)cc1C(O)C(N)C(=O)O. The molecule has 19 heavy (non-hydrogen) atoms. The van der Waals surface area contributed by atoms with E-state index < -0.39 is 18.1 Å². The normalized spacial score (nSPS) is 14.1. The van der Waals surface area contributed by atoms with Gasteiger partial charge in [0.05, 0.1) is 11.4 Å². The molecule has 2 atom stereocenters. The highest BCUT2D eigenvalue weighted by Gasteiger charge is 2.26. The van der Waals surface area contributed by atoms with Gasteiger partial charge in [-0.3, -0.25) is 9.48 Å². The van der Waals surface area contributed by atoms with Gasteiger partial charge >= 0.3 is 5.97 Å². The lowest BCUT2D eigenvalue weighted by molar-refractivity contribution is -0.141. The van der Waals surface area contributed by atoms with Crippen LogP contribution in [0.25, 0.3) is 11.3 Å². The fourth-order valence-corrected chi connectivity index (χ4v) is 1.83. The first-order valence-corrected chi connectivity index (χ1v) is 5.76. The van der Waals surface area contributed by atoms with Crippen LogP contribution in [0, 0.1) is 0 Å².